The molecule has 2 aromatic carbocycles. The minimum absolute atomic E-state index is 0.195. The van der Waals surface area contributed by atoms with Crippen molar-refractivity contribution in [1.29, 1.82) is 0 Å². The number of aromatic nitrogens is 2. The molecule has 1 aromatic heterocycles. The van der Waals surface area contributed by atoms with Crippen LogP contribution in [0.4, 0.5) is 0 Å². The topological polar surface area (TPSA) is 72.9 Å². The number of amides is 1. The fourth-order valence-electron chi connectivity index (χ4n) is 3.02. The average molecular weight is 490 g/mol. The number of rotatable bonds is 4. The van der Waals surface area contributed by atoms with Crippen molar-refractivity contribution in [2.24, 2.45) is 5.73 Å². The predicted molar refractivity (Wildman–Crippen MR) is 132 cm³/mol. The molecule has 0 bridgehead atoms. The average Bonchev–Trinajstić information content (AvgIpc) is 3.07. The van der Waals surface area contributed by atoms with Crippen molar-refractivity contribution in [1.82, 2.24) is 15.1 Å². The zero-order valence-corrected chi connectivity index (χ0v) is 20.2. The number of halogens is 3. The van der Waals surface area contributed by atoms with E-state index in [9.17, 15) is 4.79 Å². The van der Waals surface area contributed by atoms with E-state index in [1.165, 1.54) is 0 Å². The van der Waals surface area contributed by atoms with E-state index >= 15 is 0 Å². The summed E-state index contributed by atoms with van der Waals surface area (Å²) in [4.78, 5) is 13.2. The number of nitrogens with zero attached hydrogens (tertiary/aromatic N) is 2. The Morgan fingerprint density at radius 2 is 1.75 bits per heavy atom. The molecule has 3 rings (SSSR count). The largest absolute Gasteiger partial charge is 0.346 e. The fourth-order valence-corrected chi connectivity index (χ4v) is 3.63. The normalized spacial score (nSPS) is 11.1. The highest BCUT2D eigenvalue weighted by molar-refractivity contribution is 6.35. The zero-order valence-electron chi connectivity index (χ0n) is 18.0. The summed E-state index contributed by atoms with van der Waals surface area (Å²) in [5.74, 6) is 5.80. The number of nitrogens with two attached hydrogens (primary N) is 1. The number of nitrogens with one attached hydrogen (secondary N) is 1. The summed E-state index contributed by atoms with van der Waals surface area (Å²) in [6.07, 6.45) is 0.479. The van der Waals surface area contributed by atoms with Crippen molar-refractivity contribution in [3.8, 4) is 28.8 Å². The third-order valence-electron chi connectivity index (χ3n) is 4.33. The van der Waals surface area contributed by atoms with Crippen molar-refractivity contribution >= 4 is 40.7 Å². The lowest BCUT2D eigenvalue weighted by Crippen LogP contribution is -2.41. The van der Waals surface area contributed by atoms with E-state index in [0.29, 0.717) is 45.0 Å². The lowest BCUT2D eigenvalue weighted by Gasteiger charge is -2.19. The lowest BCUT2D eigenvalue weighted by atomic mass is 10.0. The van der Waals surface area contributed by atoms with Gasteiger partial charge in [0.05, 0.1) is 22.0 Å². The molecule has 0 atom stereocenters. The molecule has 0 aliphatic heterocycles. The minimum Gasteiger partial charge on any atom is -0.346 e. The first-order chi connectivity index (χ1) is 15.1. The maximum atomic E-state index is 13.2. The zero-order chi connectivity index (χ0) is 23.5. The van der Waals surface area contributed by atoms with Crippen LogP contribution in [0.2, 0.25) is 15.1 Å². The van der Waals surface area contributed by atoms with Crippen molar-refractivity contribution in [3.63, 3.8) is 0 Å². The molecule has 0 unspecified atom stereocenters. The molecule has 1 heterocycles. The monoisotopic (exact) mass is 488 g/mol. The minimum atomic E-state index is -0.457. The van der Waals surface area contributed by atoms with Gasteiger partial charge in [-0.25, -0.2) is 4.68 Å². The van der Waals surface area contributed by atoms with Crippen LogP contribution < -0.4 is 11.1 Å². The highest BCUT2D eigenvalue weighted by atomic mass is 35.5. The maximum absolute atomic E-state index is 13.2. The molecular weight excluding hydrogens is 467 g/mol. The van der Waals surface area contributed by atoms with E-state index in [-0.39, 0.29) is 11.6 Å². The molecule has 5 nitrogen and oxygen atoms in total. The van der Waals surface area contributed by atoms with Gasteiger partial charge in [-0.1, -0.05) is 58.8 Å². The van der Waals surface area contributed by atoms with Crippen LogP contribution in [0.25, 0.3) is 16.9 Å². The summed E-state index contributed by atoms with van der Waals surface area (Å²) in [7, 11) is 0. The van der Waals surface area contributed by atoms with Gasteiger partial charge in [0.15, 0.2) is 5.69 Å². The quantitative estimate of drug-likeness (QED) is 0.460. The van der Waals surface area contributed by atoms with Crippen LogP contribution in [-0.2, 0) is 0 Å². The number of benzene rings is 2. The van der Waals surface area contributed by atoms with Gasteiger partial charge < -0.3 is 11.1 Å². The number of hydrogen-bond donors (Lipinski definition) is 2. The summed E-state index contributed by atoms with van der Waals surface area (Å²) in [6.45, 7) is 6.11. The Hall–Kier alpha value is -2.49. The molecule has 0 saturated carbocycles. The van der Waals surface area contributed by atoms with Gasteiger partial charge in [0, 0.05) is 34.1 Å². The van der Waals surface area contributed by atoms with Gasteiger partial charge in [0.25, 0.3) is 5.91 Å². The predicted octanol–water partition coefficient (Wildman–Crippen LogP) is 5.73. The van der Waals surface area contributed by atoms with Gasteiger partial charge in [-0.2, -0.15) is 5.10 Å². The standard InChI is InChI=1S/C24H23Cl3N4O/c1-24(2,3)29-23(32)21-18(6-4-5-13-28)22(15-7-9-16(25)10-8-15)31(30-21)20-12-11-17(26)14-19(20)27/h7-12,14H,5,13,28H2,1-3H3,(H,29,32). The van der Waals surface area contributed by atoms with E-state index in [4.69, 9.17) is 40.5 Å². The Morgan fingerprint density at radius 3 is 2.34 bits per heavy atom. The van der Waals surface area contributed by atoms with Crippen LogP contribution in [0.15, 0.2) is 42.5 Å². The second kappa shape index (κ2) is 9.97. The molecule has 166 valence electrons. The van der Waals surface area contributed by atoms with E-state index in [1.54, 1.807) is 35.0 Å². The maximum Gasteiger partial charge on any atom is 0.273 e. The summed E-state index contributed by atoms with van der Waals surface area (Å²) in [6, 6.07) is 12.3. The summed E-state index contributed by atoms with van der Waals surface area (Å²) in [5, 5.41) is 9.07. The highest BCUT2D eigenvalue weighted by Crippen LogP contribution is 2.33. The van der Waals surface area contributed by atoms with Crippen molar-refractivity contribution in [2.45, 2.75) is 32.7 Å². The van der Waals surface area contributed by atoms with Gasteiger partial charge in [-0.15, -0.1) is 0 Å². The van der Waals surface area contributed by atoms with Crippen LogP contribution in [0.3, 0.4) is 0 Å². The second-order valence-corrected chi connectivity index (χ2v) is 9.41. The summed E-state index contributed by atoms with van der Waals surface area (Å²) in [5.41, 5.74) is 7.81. The molecule has 0 aliphatic rings. The number of carbonyl (C=O) groups excluding carboxylic acids is 1. The van der Waals surface area contributed by atoms with Crippen LogP contribution in [-0.4, -0.2) is 27.8 Å². The van der Waals surface area contributed by atoms with Crippen LogP contribution in [0, 0.1) is 11.8 Å². The Kier molecular flexibility index (Phi) is 7.53. The molecule has 1 amide bonds. The molecule has 8 heteroatoms. The number of hydrogen-bond acceptors (Lipinski definition) is 3. The van der Waals surface area contributed by atoms with E-state index < -0.39 is 5.54 Å². The smallest absolute Gasteiger partial charge is 0.273 e. The molecule has 0 saturated heterocycles. The first-order valence-corrected chi connectivity index (χ1v) is 11.1. The van der Waals surface area contributed by atoms with E-state index in [2.05, 4.69) is 22.3 Å². The Bertz CT molecular complexity index is 1200. The SMILES string of the molecule is CC(C)(C)NC(=O)c1nn(-c2ccc(Cl)cc2Cl)c(-c2ccc(Cl)cc2)c1C#CCCN. The van der Waals surface area contributed by atoms with Crippen LogP contribution in [0.5, 0.6) is 0 Å². The van der Waals surface area contributed by atoms with Crippen LogP contribution >= 0.6 is 34.8 Å². The van der Waals surface area contributed by atoms with Crippen molar-refractivity contribution < 1.29 is 4.79 Å². The summed E-state index contributed by atoms with van der Waals surface area (Å²) >= 11 is 18.7. The van der Waals surface area contributed by atoms with Crippen molar-refractivity contribution in [2.75, 3.05) is 6.54 Å². The molecule has 0 spiro atoms. The summed E-state index contributed by atoms with van der Waals surface area (Å²) < 4.78 is 1.62. The molecule has 0 fully saturated rings. The van der Waals surface area contributed by atoms with Gasteiger partial charge in [-0.3, -0.25) is 4.79 Å². The number of carbonyl (C=O) groups is 1. The molecule has 32 heavy (non-hydrogen) atoms. The van der Waals surface area contributed by atoms with Crippen molar-refractivity contribution in [3.05, 3.63) is 68.8 Å². The molecule has 0 aliphatic carbocycles. The second-order valence-electron chi connectivity index (χ2n) is 8.13. The van der Waals surface area contributed by atoms with Gasteiger partial charge >= 0.3 is 0 Å². The van der Waals surface area contributed by atoms with E-state index in [1.807, 2.05) is 32.9 Å². The molecule has 0 radical (unpaired) electrons. The molecular formula is C24H23Cl3N4O. The molecule has 3 N–H and O–H groups in total. The van der Waals surface area contributed by atoms with Gasteiger partial charge in [-0.05, 0) is 51.1 Å². The first-order valence-electron chi connectivity index (χ1n) is 9.96. The van der Waals surface area contributed by atoms with Gasteiger partial charge in [0.1, 0.15) is 0 Å². The Morgan fingerprint density at radius 1 is 1.09 bits per heavy atom. The molecule has 3 aromatic rings. The van der Waals surface area contributed by atoms with Crippen LogP contribution in [0.1, 0.15) is 43.2 Å². The fraction of sp³-hybridized carbons (Fsp3) is 0.250. The van der Waals surface area contributed by atoms with Gasteiger partial charge in [0.2, 0.25) is 0 Å². The van der Waals surface area contributed by atoms with E-state index in [0.717, 1.165) is 5.56 Å². The third kappa shape index (κ3) is 5.65. The third-order valence-corrected chi connectivity index (χ3v) is 5.12. The first kappa shape index (κ1) is 24.2. The highest BCUT2D eigenvalue weighted by Gasteiger charge is 2.27. The lowest BCUT2D eigenvalue weighted by molar-refractivity contribution is 0.0913. The Balaban J connectivity index is 2.34. The Labute approximate surface area is 202 Å².